The highest BCUT2D eigenvalue weighted by molar-refractivity contribution is 9.10. The van der Waals surface area contributed by atoms with Gasteiger partial charge in [-0.15, -0.1) is 0 Å². The van der Waals surface area contributed by atoms with Gasteiger partial charge in [-0.2, -0.15) is 0 Å². The predicted molar refractivity (Wildman–Crippen MR) is 83.4 cm³/mol. The molecule has 1 fully saturated rings. The van der Waals surface area contributed by atoms with E-state index in [0.717, 1.165) is 15.6 Å². The van der Waals surface area contributed by atoms with Crippen LogP contribution in [0.2, 0.25) is 0 Å². The molecule has 3 rings (SSSR count). The van der Waals surface area contributed by atoms with E-state index in [1.165, 1.54) is 12.1 Å². The van der Waals surface area contributed by atoms with Crippen LogP contribution in [0.25, 0.3) is 0 Å². The van der Waals surface area contributed by atoms with Crippen molar-refractivity contribution < 1.29 is 14.5 Å². The van der Waals surface area contributed by atoms with Crippen molar-refractivity contribution in [2.24, 2.45) is 0 Å². The first-order valence-electron chi connectivity index (χ1n) is 6.75. The number of carbonyl (C=O) groups excluding carboxylic acids is 1. The molecular weight excluding hydrogens is 350 g/mol. The molecule has 1 heterocycles. The molecule has 5 nitrogen and oxygen atoms in total. The van der Waals surface area contributed by atoms with Crippen LogP contribution in [-0.2, 0) is 9.53 Å². The van der Waals surface area contributed by atoms with Crippen LogP contribution in [-0.4, -0.2) is 10.9 Å². The Labute approximate surface area is 135 Å². The Morgan fingerprint density at radius 3 is 2.23 bits per heavy atom. The summed E-state index contributed by atoms with van der Waals surface area (Å²) in [6, 6.07) is 13.7. The fourth-order valence-electron chi connectivity index (χ4n) is 2.56. The first-order valence-corrected chi connectivity index (χ1v) is 7.54. The summed E-state index contributed by atoms with van der Waals surface area (Å²) in [4.78, 5) is 22.3. The quantitative estimate of drug-likeness (QED) is 0.468. The number of ether oxygens (including phenoxy) is 1. The van der Waals surface area contributed by atoms with Gasteiger partial charge in [-0.1, -0.05) is 40.2 Å². The smallest absolute Gasteiger partial charge is 0.314 e. The molecule has 0 bridgehead atoms. The van der Waals surface area contributed by atoms with E-state index in [0.29, 0.717) is 6.42 Å². The number of benzene rings is 2. The van der Waals surface area contributed by atoms with Gasteiger partial charge in [0.2, 0.25) is 0 Å². The number of cyclic esters (lactones) is 1. The lowest BCUT2D eigenvalue weighted by molar-refractivity contribution is -0.384. The summed E-state index contributed by atoms with van der Waals surface area (Å²) < 4.78 is 6.41. The van der Waals surface area contributed by atoms with Crippen LogP contribution in [0.1, 0.15) is 29.6 Å². The number of hydrogen-bond donors (Lipinski definition) is 0. The molecule has 2 unspecified atom stereocenters. The van der Waals surface area contributed by atoms with E-state index in [9.17, 15) is 14.9 Å². The van der Waals surface area contributed by atoms with E-state index in [1.54, 1.807) is 12.1 Å². The van der Waals surface area contributed by atoms with Gasteiger partial charge in [-0.25, -0.2) is 0 Å². The zero-order chi connectivity index (χ0) is 15.7. The minimum absolute atomic E-state index is 0.0135. The number of nitro groups is 1. The highest BCUT2D eigenvalue weighted by Crippen LogP contribution is 2.39. The van der Waals surface area contributed by atoms with Crippen molar-refractivity contribution in [3.05, 3.63) is 74.2 Å². The standard InChI is InChI=1S/C16H12BrNO4/c17-12-5-1-11(2-6-12)15-9-14(16(19)22-15)10-3-7-13(8-4-10)18(20)21/h1-8,14-15H,9H2. The maximum Gasteiger partial charge on any atom is 0.314 e. The van der Waals surface area contributed by atoms with Crippen LogP contribution in [0, 0.1) is 10.1 Å². The maximum atomic E-state index is 12.1. The zero-order valence-electron chi connectivity index (χ0n) is 11.4. The molecule has 112 valence electrons. The monoisotopic (exact) mass is 361 g/mol. The molecule has 1 aliphatic heterocycles. The number of nitro benzene ring substituents is 1. The van der Waals surface area contributed by atoms with Gasteiger partial charge < -0.3 is 4.74 Å². The van der Waals surface area contributed by atoms with Crippen molar-refractivity contribution in [2.45, 2.75) is 18.4 Å². The Morgan fingerprint density at radius 2 is 1.64 bits per heavy atom. The van der Waals surface area contributed by atoms with Crippen molar-refractivity contribution in [2.75, 3.05) is 0 Å². The number of rotatable bonds is 3. The van der Waals surface area contributed by atoms with E-state index >= 15 is 0 Å². The third-order valence-electron chi connectivity index (χ3n) is 3.74. The van der Waals surface area contributed by atoms with Gasteiger partial charge in [0.25, 0.3) is 5.69 Å². The second-order valence-corrected chi connectivity index (χ2v) is 6.03. The van der Waals surface area contributed by atoms with Crippen LogP contribution < -0.4 is 0 Å². The van der Waals surface area contributed by atoms with Crippen molar-refractivity contribution in [1.82, 2.24) is 0 Å². The van der Waals surface area contributed by atoms with Crippen LogP contribution in [0.4, 0.5) is 5.69 Å². The third kappa shape index (κ3) is 2.87. The molecular formula is C16H12BrNO4. The van der Waals surface area contributed by atoms with Gasteiger partial charge >= 0.3 is 5.97 Å². The molecule has 1 aliphatic rings. The Hall–Kier alpha value is -2.21. The van der Waals surface area contributed by atoms with E-state index in [2.05, 4.69) is 15.9 Å². The second kappa shape index (κ2) is 5.88. The van der Waals surface area contributed by atoms with E-state index in [1.807, 2.05) is 24.3 Å². The zero-order valence-corrected chi connectivity index (χ0v) is 13.0. The molecule has 0 spiro atoms. The summed E-state index contributed by atoms with van der Waals surface area (Å²) in [6.07, 6.45) is 0.263. The fraction of sp³-hybridized carbons (Fsp3) is 0.188. The Bertz CT molecular complexity index is 712. The lowest BCUT2D eigenvalue weighted by atomic mass is 9.93. The van der Waals surface area contributed by atoms with Gasteiger partial charge in [0.05, 0.1) is 10.8 Å². The lowest BCUT2D eigenvalue weighted by Gasteiger charge is -2.09. The van der Waals surface area contributed by atoms with Crippen LogP contribution >= 0.6 is 15.9 Å². The van der Waals surface area contributed by atoms with Crippen molar-refractivity contribution in [3.8, 4) is 0 Å². The van der Waals surface area contributed by atoms with Gasteiger partial charge in [0.1, 0.15) is 6.10 Å². The van der Waals surface area contributed by atoms with E-state index < -0.39 is 4.92 Å². The molecule has 0 radical (unpaired) electrons. The molecule has 0 N–H and O–H groups in total. The molecule has 2 atom stereocenters. The molecule has 2 aromatic rings. The first-order chi connectivity index (χ1) is 10.5. The number of halogens is 1. The molecule has 0 saturated carbocycles. The summed E-state index contributed by atoms with van der Waals surface area (Å²) >= 11 is 3.37. The average molecular weight is 362 g/mol. The number of nitrogens with zero attached hydrogens (tertiary/aromatic N) is 1. The van der Waals surface area contributed by atoms with Crippen LogP contribution in [0.3, 0.4) is 0 Å². The van der Waals surface area contributed by atoms with Crippen LogP contribution in [0.5, 0.6) is 0 Å². The molecule has 0 amide bonds. The number of carbonyl (C=O) groups is 1. The number of hydrogen-bond acceptors (Lipinski definition) is 4. The highest BCUT2D eigenvalue weighted by Gasteiger charge is 2.36. The molecule has 1 saturated heterocycles. The molecule has 2 aromatic carbocycles. The summed E-state index contributed by atoms with van der Waals surface area (Å²) in [5, 5.41) is 10.7. The number of non-ortho nitro benzene ring substituents is 1. The van der Waals surface area contributed by atoms with E-state index in [4.69, 9.17) is 4.74 Å². The average Bonchev–Trinajstić information content (AvgIpc) is 2.90. The van der Waals surface area contributed by atoms with Gasteiger partial charge in [-0.3, -0.25) is 14.9 Å². The van der Waals surface area contributed by atoms with Crippen LogP contribution in [0.15, 0.2) is 53.0 Å². The molecule has 6 heteroatoms. The summed E-state index contributed by atoms with van der Waals surface area (Å²) in [5.41, 5.74) is 1.70. The van der Waals surface area contributed by atoms with Crippen molar-refractivity contribution >= 4 is 27.6 Å². The minimum atomic E-state index is -0.457. The Kier molecular flexibility index (Phi) is 3.94. The largest absolute Gasteiger partial charge is 0.457 e. The molecule has 0 aromatic heterocycles. The topological polar surface area (TPSA) is 69.4 Å². The van der Waals surface area contributed by atoms with E-state index in [-0.39, 0.29) is 23.7 Å². The third-order valence-corrected chi connectivity index (χ3v) is 4.27. The Balaban J connectivity index is 1.79. The maximum absolute atomic E-state index is 12.1. The summed E-state index contributed by atoms with van der Waals surface area (Å²) in [6.45, 7) is 0. The van der Waals surface area contributed by atoms with Crippen molar-refractivity contribution in [1.29, 1.82) is 0 Å². The fourth-order valence-corrected chi connectivity index (χ4v) is 2.83. The summed E-state index contributed by atoms with van der Waals surface area (Å²) in [5.74, 6) is -0.670. The number of esters is 1. The Morgan fingerprint density at radius 1 is 1.05 bits per heavy atom. The molecule has 22 heavy (non-hydrogen) atoms. The van der Waals surface area contributed by atoms with Crippen molar-refractivity contribution in [3.63, 3.8) is 0 Å². The molecule has 0 aliphatic carbocycles. The van der Waals surface area contributed by atoms with Gasteiger partial charge in [0.15, 0.2) is 0 Å². The predicted octanol–water partition coefficient (Wildman–Crippen LogP) is 4.13. The summed E-state index contributed by atoms with van der Waals surface area (Å²) in [7, 11) is 0. The van der Waals surface area contributed by atoms with Gasteiger partial charge in [-0.05, 0) is 23.3 Å². The van der Waals surface area contributed by atoms with Gasteiger partial charge in [0, 0.05) is 23.0 Å². The SMILES string of the molecule is O=C1OC(c2ccc(Br)cc2)CC1c1ccc([N+](=O)[O-])cc1. The first kappa shape index (κ1) is 14.7. The normalized spacial score (nSPS) is 20.7. The minimum Gasteiger partial charge on any atom is -0.457 e. The lowest BCUT2D eigenvalue weighted by Crippen LogP contribution is -2.05. The second-order valence-electron chi connectivity index (χ2n) is 5.11. The highest BCUT2D eigenvalue weighted by atomic mass is 79.9.